The average molecular weight is 678 g/mol. The Balaban J connectivity index is 0.000000197. The first-order chi connectivity index (χ1) is 21.4. The number of halogens is 1. The molecular weight excluding hydrogens is 624 g/mol. The predicted octanol–water partition coefficient (Wildman–Crippen LogP) is 10.4. The molecule has 1 fully saturated rings. The van der Waals surface area contributed by atoms with Crippen molar-refractivity contribution in [3.05, 3.63) is 97.0 Å². The molecule has 4 nitrogen and oxygen atoms in total. The highest BCUT2D eigenvalue weighted by molar-refractivity contribution is 9.10. The van der Waals surface area contributed by atoms with E-state index in [0.29, 0.717) is 17.6 Å². The van der Waals surface area contributed by atoms with E-state index in [4.69, 9.17) is 14.6 Å². The molecular formula is C40H53BrO4. The van der Waals surface area contributed by atoms with Gasteiger partial charge in [0.25, 0.3) is 0 Å². The lowest BCUT2D eigenvalue weighted by atomic mass is 9.85. The number of hydrogen-bond donors (Lipinski definition) is 1. The van der Waals surface area contributed by atoms with Crippen LogP contribution in [-0.2, 0) is 22.3 Å². The van der Waals surface area contributed by atoms with E-state index >= 15 is 0 Å². The molecule has 1 saturated heterocycles. The van der Waals surface area contributed by atoms with Crippen molar-refractivity contribution >= 4 is 27.8 Å². The Kier molecular flexibility index (Phi) is 13.8. The lowest BCUT2D eigenvalue weighted by Crippen LogP contribution is -2.05. The monoisotopic (exact) mass is 676 g/mol. The summed E-state index contributed by atoms with van der Waals surface area (Å²) in [5.41, 5.74) is 14.9. The van der Waals surface area contributed by atoms with Crippen LogP contribution in [0.1, 0.15) is 116 Å². The van der Waals surface area contributed by atoms with Crippen LogP contribution >= 0.6 is 15.9 Å². The molecule has 0 amide bonds. The molecule has 0 radical (unpaired) electrons. The molecule has 1 aliphatic heterocycles. The summed E-state index contributed by atoms with van der Waals surface area (Å²) in [7, 11) is 2.68. The van der Waals surface area contributed by atoms with Crippen molar-refractivity contribution in [2.75, 3.05) is 20.8 Å². The molecule has 2 unspecified atom stereocenters. The van der Waals surface area contributed by atoms with E-state index in [-0.39, 0.29) is 12.2 Å². The van der Waals surface area contributed by atoms with Gasteiger partial charge in [0.1, 0.15) is 0 Å². The summed E-state index contributed by atoms with van der Waals surface area (Å²) in [6.45, 7) is 18.5. The zero-order valence-corrected chi connectivity index (χ0v) is 30.6. The number of aliphatic hydroxyl groups is 1. The van der Waals surface area contributed by atoms with E-state index < -0.39 is 0 Å². The molecule has 45 heavy (non-hydrogen) atoms. The lowest BCUT2D eigenvalue weighted by Gasteiger charge is -2.19. The van der Waals surface area contributed by atoms with E-state index in [1.807, 2.05) is 6.92 Å². The van der Waals surface area contributed by atoms with Gasteiger partial charge in [-0.15, -0.1) is 0 Å². The van der Waals surface area contributed by atoms with Crippen LogP contribution in [0.15, 0.2) is 52.5 Å². The molecule has 1 heterocycles. The molecule has 244 valence electrons. The minimum Gasteiger partial charge on any atom is -0.400 e. The highest BCUT2D eigenvalue weighted by atomic mass is 79.9. The third kappa shape index (κ3) is 8.62. The fraction of sp³-hybridized carbons (Fsp3) is 0.475. The maximum atomic E-state index is 12.0. The second-order valence-corrected chi connectivity index (χ2v) is 13.7. The Morgan fingerprint density at radius 2 is 1.56 bits per heavy atom. The normalized spacial score (nSPS) is 17.9. The highest BCUT2D eigenvalue weighted by Gasteiger charge is 2.30. The molecule has 3 aromatic carbocycles. The van der Waals surface area contributed by atoms with Crippen molar-refractivity contribution < 1.29 is 19.4 Å². The van der Waals surface area contributed by atoms with Gasteiger partial charge in [0, 0.05) is 43.2 Å². The lowest BCUT2D eigenvalue weighted by molar-refractivity contribution is -0.0880. The molecule has 6 rings (SSSR count). The number of fused-ring (bicyclic) bond motifs is 2. The number of hydrogen-bond acceptors (Lipinski definition) is 4. The zero-order valence-electron chi connectivity index (χ0n) is 29.0. The van der Waals surface area contributed by atoms with Gasteiger partial charge < -0.3 is 14.6 Å². The SMILES string of the molecule is CC1=Cc2cc(C(C)C)c(C)c(-c3ccccc3)c2C1.CO.COC1CCCO1.Cc1c(C(C)C)cc2c(c1Br)CC(C)C2=O. The van der Waals surface area contributed by atoms with Gasteiger partial charge in [-0.2, -0.15) is 0 Å². The molecule has 2 aliphatic carbocycles. The van der Waals surface area contributed by atoms with Crippen molar-refractivity contribution in [2.45, 2.75) is 99.2 Å². The Bertz CT molecular complexity index is 1480. The number of methoxy groups -OCH3 is 1. The molecule has 3 aliphatic rings. The summed E-state index contributed by atoms with van der Waals surface area (Å²) in [4.78, 5) is 12.0. The number of ether oxygens (including phenoxy) is 2. The molecule has 5 heteroatoms. The Hall–Kier alpha value is -2.57. The average Bonchev–Trinajstić information content (AvgIpc) is 3.76. The van der Waals surface area contributed by atoms with E-state index in [2.05, 4.69) is 113 Å². The standard InChI is InChI=1S/C20H22.C14H17BrO.C5H10O2.CH4O/c1-13(2)18-12-17-10-14(3)11-19(17)20(15(18)4)16-8-6-5-7-9-16;1-7(2)10-6-12-11(13(15)9(10)4)5-8(3)14(12)16;1-6-5-3-2-4-7-5;1-2/h5-10,12-13H,11H2,1-4H3;6-8H,5H2,1-4H3;5H,2-4H2,1H3;2H,1H3. The summed E-state index contributed by atoms with van der Waals surface area (Å²) in [5, 5.41) is 7.00. The maximum absolute atomic E-state index is 12.0. The smallest absolute Gasteiger partial charge is 0.166 e. The first kappa shape index (κ1) is 36.9. The van der Waals surface area contributed by atoms with Gasteiger partial charge >= 0.3 is 0 Å². The molecule has 0 spiro atoms. The van der Waals surface area contributed by atoms with Crippen LogP contribution in [0.2, 0.25) is 0 Å². The van der Waals surface area contributed by atoms with Gasteiger partial charge in [0.2, 0.25) is 0 Å². The van der Waals surface area contributed by atoms with Crippen LogP contribution in [0.4, 0.5) is 0 Å². The van der Waals surface area contributed by atoms with Crippen molar-refractivity contribution in [2.24, 2.45) is 5.92 Å². The van der Waals surface area contributed by atoms with Crippen LogP contribution in [0.25, 0.3) is 17.2 Å². The number of carbonyl (C=O) groups is 1. The molecule has 0 aromatic heterocycles. The molecule has 1 N–H and O–H groups in total. The summed E-state index contributed by atoms with van der Waals surface area (Å²) < 4.78 is 11.1. The first-order valence-corrected chi connectivity index (χ1v) is 17.1. The van der Waals surface area contributed by atoms with Gasteiger partial charge in [-0.1, -0.05) is 98.6 Å². The van der Waals surface area contributed by atoms with Crippen LogP contribution < -0.4 is 0 Å². The molecule has 0 saturated carbocycles. The number of rotatable bonds is 4. The van der Waals surface area contributed by atoms with E-state index in [0.717, 1.165) is 49.4 Å². The van der Waals surface area contributed by atoms with Crippen LogP contribution in [0.3, 0.4) is 0 Å². The van der Waals surface area contributed by atoms with Crippen molar-refractivity contribution in [3.63, 3.8) is 0 Å². The van der Waals surface area contributed by atoms with Crippen LogP contribution in [0.5, 0.6) is 0 Å². The first-order valence-electron chi connectivity index (χ1n) is 16.3. The fourth-order valence-electron chi connectivity index (χ4n) is 6.63. The summed E-state index contributed by atoms with van der Waals surface area (Å²) in [6, 6.07) is 15.3. The van der Waals surface area contributed by atoms with Gasteiger partial charge in [0.15, 0.2) is 12.1 Å². The number of carbonyl (C=O) groups excluding carboxylic acids is 1. The van der Waals surface area contributed by atoms with Gasteiger partial charge in [0.05, 0.1) is 0 Å². The summed E-state index contributed by atoms with van der Waals surface area (Å²) in [6.07, 6.45) is 6.65. The van der Waals surface area contributed by atoms with Gasteiger partial charge in [-0.3, -0.25) is 4.79 Å². The van der Waals surface area contributed by atoms with E-state index in [9.17, 15) is 4.79 Å². The number of aliphatic hydroxyl groups excluding tert-OH is 1. The Morgan fingerprint density at radius 3 is 2.09 bits per heavy atom. The van der Waals surface area contributed by atoms with Crippen molar-refractivity contribution in [1.82, 2.24) is 0 Å². The second-order valence-electron chi connectivity index (χ2n) is 13.0. The number of Topliss-reactive ketones (excluding diaryl/α,β-unsaturated/α-hetero) is 1. The minimum absolute atomic E-state index is 0.0972. The van der Waals surface area contributed by atoms with Gasteiger partial charge in [-0.25, -0.2) is 0 Å². The van der Waals surface area contributed by atoms with E-state index in [1.165, 1.54) is 55.6 Å². The quantitative estimate of drug-likeness (QED) is 0.299. The Morgan fingerprint density at radius 1 is 0.933 bits per heavy atom. The minimum atomic E-state index is 0.0972. The Labute approximate surface area is 280 Å². The number of allylic oxidation sites excluding steroid dienone is 1. The van der Waals surface area contributed by atoms with Crippen LogP contribution in [-0.4, -0.2) is 38.0 Å². The highest BCUT2D eigenvalue weighted by Crippen LogP contribution is 2.40. The van der Waals surface area contributed by atoms with Crippen LogP contribution in [0, 0.1) is 19.8 Å². The third-order valence-electron chi connectivity index (χ3n) is 8.96. The largest absolute Gasteiger partial charge is 0.400 e. The molecule has 2 atom stereocenters. The summed E-state index contributed by atoms with van der Waals surface area (Å²) >= 11 is 3.65. The topological polar surface area (TPSA) is 55.8 Å². The third-order valence-corrected chi connectivity index (χ3v) is 10.0. The van der Waals surface area contributed by atoms with E-state index in [1.54, 1.807) is 7.11 Å². The van der Waals surface area contributed by atoms with Gasteiger partial charge in [-0.05, 0) is 108 Å². The predicted molar refractivity (Wildman–Crippen MR) is 192 cm³/mol. The van der Waals surface area contributed by atoms with Crippen molar-refractivity contribution in [3.8, 4) is 11.1 Å². The second kappa shape index (κ2) is 16.8. The molecule has 3 aromatic rings. The van der Waals surface area contributed by atoms with Crippen molar-refractivity contribution in [1.29, 1.82) is 0 Å². The number of ketones is 1. The zero-order chi connectivity index (χ0) is 33.4. The summed E-state index contributed by atoms with van der Waals surface area (Å²) in [5.74, 6) is 1.48. The maximum Gasteiger partial charge on any atom is 0.166 e. The fourth-order valence-corrected chi connectivity index (χ4v) is 7.23. The molecule has 0 bridgehead atoms. The number of benzene rings is 3.